The summed E-state index contributed by atoms with van der Waals surface area (Å²) >= 11 is 0. The molecule has 6 heteroatoms. The van der Waals surface area contributed by atoms with Crippen molar-refractivity contribution in [1.29, 1.82) is 0 Å². The Kier molecular flexibility index (Phi) is 4.57. The molecule has 0 saturated carbocycles. The summed E-state index contributed by atoms with van der Waals surface area (Å²) in [5.74, 6) is 2.34. The summed E-state index contributed by atoms with van der Waals surface area (Å²) in [4.78, 5) is 4.40. The Morgan fingerprint density at radius 3 is 2.19 bits per heavy atom. The zero-order valence-corrected chi connectivity index (χ0v) is 12.8. The molecule has 1 heterocycles. The van der Waals surface area contributed by atoms with Gasteiger partial charge in [-0.15, -0.1) is 0 Å². The van der Waals surface area contributed by atoms with Crippen LogP contribution in [0.5, 0.6) is 17.2 Å². The molecule has 0 bridgehead atoms. The minimum Gasteiger partial charge on any atom is -0.493 e. The molecule has 0 unspecified atom stereocenters. The van der Waals surface area contributed by atoms with E-state index < -0.39 is 0 Å². The van der Waals surface area contributed by atoms with Crippen LogP contribution in [0.2, 0.25) is 0 Å². The Morgan fingerprint density at radius 2 is 1.71 bits per heavy atom. The minimum atomic E-state index is 0.551. The number of nitrogen functional groups attached to an aromatic ring is 1. The van der Waals surface area contributed by atoms with Crippen molar-refractivity contribution in [2.75, 3.05) is 27.1 Å². The molecule has 0 radical (unpaired) electrons. The van der Waals surface area contributed by atoms with Crippen LogP contribution in [0.1, 0.15) is 13.3 Å². The highest BCUT2D eigenvalue weighted by atomic mass is 16.5. The number of ether oxygens (including phenoxy) is 3. The summed E-state index contributed by atoms with van der Waals surface area (Å²) < 4.78 is 18.0. The highest BCUT2D eigenvalue weighted by Gasteiger charge is 2.17. The van der Waals surface area contributed by atoms with Crippen molar-refractivity contribution in [2.45, 2.75) is 19.9 Å². The molecule has 0 aliphatic heterocycles. The maximum Gasteiger partial charge on any atom is 0.203 e. The van der Waals surface area contributed by atoms with E-state index in [1.165, 1.54) is 0 Å². The Hall–Kier alpha value is -2.37. The molecule has 2 aromatic rings. The fourth-order valence-corrected chi connectivity index (χ4v) is 2.25. The van der Waals surface area contributed by atoms with Gasteiger partial charge in [0.15, 0.2) is 11.5 Å². The summed E-state index contributed by atoms with van der Waals surface area (Å²) in [6.45, 7) is 2.93. The lowest BCUT2D eigenvalue weighted by Crippen LogP contribution is -2.01. The zero-order valence-electron chi connectivity index (χ0n) is 12.8. The van der Waals surface area contributed by atoms with E-state index >= 15 is 0 Å². The monoisotopic (exact) mass is 291 g/mol. The first-order valence-electron chi connectivity index (χ1n) is 6.77. The molecular formula is C15H21N3O3. The van der Waals surface area contributed by atoms with Gasteiger partial charge in [-0.3, -0.25) is 0 Å². The van der Waals surface area contributed by atoms with E-state index in [0.29, 0.717) is 28.8 Å². The van der Waals surface area contributed by atoms with Crippen LogP contribution in [-0.2, 0) is 6.54 Å². The third-order valence-corrected chi connectivity index (χ3v) is 3.28. The maximum absolute atomic E-state index is 6.16. The van der Waals surface area contributed by atoms with Crippen molar-refractivity contribution in [3.05, 3.63) is 18.5 Å². The molecule has 2 N–H and O–H groups in total. The number of anilines is 1. The van der Waals surface area contributed by atoms with Gasteiger partial charge in [-0.05, 0) is 18.6 Å². The molecular weight excluding hydrogens is 270 g/mol. The van der Waals surface area contributed by atoms with Crippen LogP contribution in [0.4, 0.5) is 5.82 Å². The number of imidazole rings is 1. The smallest absolute Gasteiger partial charge is 0.203 e. The summed E-state index contributed by atoms with van der Waals surface area (Å²) in [5, 5.41) is 0. The Morgan fingerprint density at radius 1 is 1.10 bits per heavy atom. The molecule has 6 nitrogen and oxygen atoms in total. The van der Waals surface area contributed by atoms with Gasteiger partial charge in [-0.1, -0.05) is 6.92 Å². The van der Waals surface area contributed by atoms with Crippen molar-refractivity contribution in [3.8, 4) is 28.5 Å². The fourth-order valence-electron chi connectivity index (χ4n) is 2.25. The molecule has 114 valence electrons. The lowest BCUT2D eigenvalue weighted by molar-refractivity contribution is 0.324. The first-order chi connectivity index (χ1) is 10.2. The van der Waals surface area contributed by atoms with Crippen LogP contribution in [0.3, 0.4) is 0 Å². The number of hydrogen-bond acceptors (Lipinski definition) is 5. The Balaban J connectivity index is 2.54. The van der Waals surface area contributed by atoms with E-state index in [0.717, 1.165) is 18.5 Å². The van der Waals surface area contributed by atoms with Gasteiger partial charge < -0.3 is 24.5 Å². The van der Waals surface area contributed by atoms with Crippen molar-refractivity contribution in [2.24, 2.45) is 0 Å². The van der Waals surface area contributed by atoms with E-state index in [1.54, 1.807) is 27.7 Å². The first kappa shape index (κ1) is 15.0. The predicted molar refractivity (Wildman–Crippen MR) is 82.0 cm³/mol. The molecule has 0 aliphatic rings. The van der Waals surface area contributed by atoms with Crippen molar-refractivity contribution < 1.29 is 14.2 Å². The topological polar surface area (TPSA) is 71.5 Å². The Bertz CT molecular complexity index is 598. The average Bonchev–Trinajstić information content (AvgIpc) is 2.87. The second-order valence-corrected chi connectivity index (χ2v) is 4.59. The number of aryl methyl sites for hydroxylation is 1. The second kappa shape index (κ2) is 6.39. The van der Waals surface area contributed by atoms with E-state index in [4.69, 9.17) is 19.9 Å². The minimum absolute atomic E-state index is 0.551. The first-order valence-corrected chi connectivity index (χ1v) is 6.77. The van der Waals surface area contributed by atoms with Crippen molar-refractivity contribution in [3.63, 3.8) is 0 Å². The van der Waals surface area contributed by atoms with Crippen LogP contribution in [-0.4, -0.2) is 30.9 Å². The average molecular weight is 291 g/mol. The number of methoxy groups -OCH3 is 3. The van der Waals surface area contributed by atoms with E-state index in [2.05, 4.69) is 11.9 Å². The lowest BCUT2D eigenvalue weighted by Gasteiger charge is -2.13. The summed E-state index contributed by atoms with van der Waals surface area (Å²) in [5.41, 5.74) is 7.70. The van der Waals surface area contributed by atoms with Gasteiger partial charge in [-0.2, -0.15) is 0 Å². The number of rotatable bonds is 6. The summed E-state index contributed by atoms with van der Waals surface area (Å²) in [6, 6.07) is 3.69. The third-order valence-electron chi connectivity index (χ3n) is 3.28. The van der Waals surface area contributed by atoms with E-state index in [9.17, 15) is 0 Å². The molecule has 1 aromatic heterocycles. The third kappa shape index (κ3) is 2.74. The van der Waals surface area contributed by atoms with Crippen LogP contribution < -0.4 is 19.9 Å². The van der Waals surface area contributed by atoms with Gasteiger partial charge in [0.1, 0.15) is 11.5 Å². The van der Waals surface area contributed by atoms with Crippen LogP contribution >= 0.6 is 0 Å². The quantitative estimate of drug-likeness (QED) is 0.885. The largest absolute Gasteiger partial charge is 0.493 e. The molecule has 1 aromatic carbocycles. The van der Waals surface area contributed by atoms with Gasteiger partial charge in [0.2, 0.25) is 5.75 Å². The number of benzene rings is 1. The van der Waals surface area contributed by atoms with Crippen LogP contribution in [0.25, 0.3) is 11.3 Å². The molecule has 0 saturated heterocycles. The van der Waals surface area contributed by atoms with Gasteiger partial charge >= 0.3 is 0 Å². The van der Waals surface area contributed by atoms with E-state index in [-0.39, 0.29) is 0 Å². The number of nitrogens with two attached hydrogens (primary N) is 1. The zero-order chi connectivity index (χ0) is 15.4. The highest BCUT2D eigenvalue weighted by molar-refractivity contribution is 5.75. The molecule has 0 amide bonds. The summed E-state index contributed by atoms with van der Waals surface area (Å²) in [7, 11) is 4.74. The molecule has 2 rings (SSSR count). The van der Waals surface area contributed by atoms with E-state index in [1.807, 2.05) is 16.7 Å². The number of hydrogen-bond donors (Lipinski definition) is 1. The summed E-state index contributed by atoms with van der Waals surface area (Å²) in [6.07, 6.45) is 2.74. The van der Waals surface area contributed by atoms with Gasteiger partial charge in [-0.25, -0.2) is 4.98 Å². The van der Waals surface area contributed by atoms with Gasteiger partial charge in [0.05, 0.1) is 27.7 Å². The lowest BCUT2D eigenvalue weighted by atomic mass is 10.1. The van der Waals surface area contributed by atoms with Crippen molar-refractivity contribution >= 4 is 5.82 Å². The highest BCUT2D eigenvalue weighted by Crippen LogP contribution is 2.41. The maximum atomic E-state index is 6.16. The van der Waals surface area contributed by atoms with Gasteiger partial charge in [0, 0.05) is 12.1 Å². The predicted octanol–water partition coefficient (Wildman–Crippen LogP) is 2.57. The molecule has 0 spiro atoms. The van der Waals surface area contributed by atoms with Crippen molar-refractivity contribution in [1.82, 2.24) is 9.55 Å². The molecule has 0 atom stereocenters. The standard InChI is InChI=1S/C15H21N3O3/c1-5-6-18-9-17-13(15(18)16)10-7-11(19-2)14(21-4)12(8-10)20-3/h7-9H,5-6,16H2,1-4H3. The molecule has 0 fully saturated rings. The molecule has 0 aliphatic carbocycles. The Labute approximate surface area is 124 Å². The number of nitrogens with zero attached hydrogens (tertiary/aromatic N) is 2. The normalized spacial score (nSPS) is 10.5. The van der Waals surface area contributed by atoms with Gasteiger partial charge in [0.25, 0.3) is 0 Å². The second-order valence-electron chi connectivity index (χ2n) is 4.59. The van der Waals surface area contributed by atoms with Crippen LogP contribution in [0, 0.1) is 0 Å². The fraction of sp³-hybridized carbons (Fsp3) is 0.400. The molecule has 21 heavy (non-hydrogen) atoms. The SMILES string of the molecule is CCCn1cnc(-c2cc(OC)c(OC)c(OC)c2)c1N. The van der Waals surface area contributed by atoms with Crippen LogP contribution in [0.15, 0.2) is 18.5 Å². The number of aromatic nitrogens is 2.